The normalized spacial score (nSPS) is 13.0. The van der Waals surface area contributed by atoms with Gasteiger partial charge in [-0.3, -0.25) is 14.4 Å². The van der Waals surface area contributed by atoms with Crippen LogP contribution in [-0.4, -0.2) is 37.2 Å². The van der Waals surface area contributed by atoms with Crippen LogP contribution in [0.1, 0.15) is 279 Å². The molecule has 2 unspecified atom stereocenters. The van der Waals surface area contributed by atoms with Crippen LogP contribution >= 0.6 is 0 Å². The van der Waals surface area contributed by atoms with Crippen LogP contribution in [0.3, 0.4) is 0 Å². The topological polar surface area (TPSA) is 78.9 Å². The van der Waals surface area contributed by atoms with Crippen LogP contribution in [0.2, 0.25) is 0 Å². The first-order chi connectivity index (χ1) is 27.8. The van der Waals surface area contributed by atoms with Gasteiger partial charge in [0, 0.05) is 19.3 Å². The molecule has 0 aromatic rings. The Morgan fingerprint density at radius 2 is 0.614 bits per heavy atom. The zero-order valence-corrected chi connectivity index (χ0v) is 39.0. The maximum atomic E-state index is 12.8. The Bertz CT molecular complexity index is 874. The van der Waals surface area contributed by atoms with E-state index in [4.69, 9.17) is 14.2 Å². The molecule has 0 N–H and O–H groups in total. The summed E-state index contributed by atoms with van der Waals surface area (Å²) in [7, 11) is 0. The molecule has 3 atom stereocenters. The van der Waals surface area contributed by atoms with E-state index in [1.54, 1.807) is 0 Å². The van der Waals surface area contributed by atoms with Gasteiger partial charge in [0.15, 0.2) is 6.10 Å². The second-order valence-electron chi connectivity index (χ2n) is 17.9. The van der Waals surface area contributed by atoms with Gasteiger partial charge in [-0.25, -0.2) is 0 Å². The highest BCUT2D eigenvalue weighted by atomic mass is 16.6. The first-order valence-corrected chi connectivity index (χ1v) is 25.3. The van der Waals surface area contributed by atoms with Gasteiger partial charge in [0.25, 0.3) is 0 Å². The third-order valence-electron chi connectivity index (χ3n) is 12.2. The number of hydrogen-bond acceptors (Lipinski definition) is 6. The average Bonchev–Trinajstić information content (AvgIpc) is 3.21. The molecule has 6 nitrogen and oxygen atoms in total. The highest BCUT2D eigenvalue weighted by Crippen LogP contribution is 2.18. The molecular formula is C51H98O6. The maximum Gasteiger partial charge on any atom is 0.306 e. The highest BCUT2D eigenvalue weighted by Gasteiger charge is 2.19. The second kappa shape index (κ2) is 44.0. The van der Waals surface area contributed by atoms with E-state index in [2.05, 4.69) is 34.6 Å². The summed E-state index contributed by atoms with van der Waals surface area (Å²) in [6.45, 7) is 11.4. The molecule has 0 saturated carbocycles. The van der Waals surface area contributed by atoms with E-state index in [0.717, 1.165) is 69.6 Å². The minimum atomic E-state index is -0.761. The monoisotopic (exact) mass is 807 g/mol. The van der Waals surface area contributed by atoms with Gasteiger partial charge in [-0.15, -0.1) is 0 Å². The summed E-state index contributed by atoms with van der Waals surface area (Å²) in [6.07, 6.45) is 43.6. The molecule has 0 spiro atoms. The van der Waals surface area contributed by atoms with Crippen molar-refractivity contribution >= 4 is 17.9 Å². The van der Waals surface area contributed by atoms with Crippen molar-refractivity contribution in [3.8, 4) is 0 Å². The van der Waals surface area contributed by atoms with E-state index in [1.165, 1.54) is 167 Å². The quantitative estimate of drug-likeness (QED) is 0.0346. The van der Waals surface area contributed by atoms with Gasteiger partial charge >= 0.3 is 17.9 Å². The van der Waals surface area contributed by atoms with Crippen LogP contribution in [0.15, 0.2) is 0 Å². The summed E-state index contributed by atoms with van der Waals surface area (Å²) >= 11 is 0. The van der Waals surface area contributed by atoms with Crippen molar-refractivity contribution < 1.29 is 28.6 Å². The van der Waals surface area contributed by atoms with Crippen molar-refractivity contribution in [1.29, 1.82) is 0 Å². The predicted molar refractivity (Wildman–Crippen MR) is 243 cm³/mol. The first kappa shape index (κ1) is 55.4. The summed E-state index contributed by atoms with van der Waals surface area (Å²) in [4.78, 5) is 37.9. The van der Waals surface area contributed by atoms with Crippen LogP contribution < -0.4 is 0 Å². The van der Waals surface area contributed by atoms with Crippen molar-refractivity contribution in [3.05, 3.63) is 0 Å². The molecule has 0 amide bonds. The minimum Gasteiger partial charge on any atom is -0.462 e. The zero-order chi connectivity index (χ0) is 41.9. The molecule has 0 aromatic carbocycles. The second-order valence-corrected chi connectivity index (χ2v) is 17.9. The van der Waals surface area contributed by atoms with Crippen molar-refractivity contribution in [2.45, 2.75) is 285 Å². The zero-order valence-electron chi connectivity index (χ0n) is 39.0. The molecule has 0 saturated heterocycles. The fourth-order valence-electron chi connectivity index (χ4n) is 7.57. The number of carbonyl (C=O) groups is 3. The molecule has 0 aliphatic heterocycles. The van der Waals surface area contributed by atoms with E-state index in [0.29, 0.717) is 19.3 Å². The Balaban J connectivity index is 4.34. The first-order valence-electron chi connectivity index (χ1n) is 25.3. The third kappa shape index (κ3) is 42.3. The molecule has 0 aliphatic rings. The number of unbranched alkanes of at least 4 members (excludes halogenated alkanes) is 28. The lowest BCUT2D eigenvalue weighted by Gasteiger charge is -2.18. The largest absolute Gasteiger partial charge is 0.462 e. The van der Waals surface area contributed by atoms with Crippen LogP contribution in [0, 0.1) is 11.8 Å². The van der Waals surface area contributed by atoms with Crippen molar-refractivity contribution in [3.63, 3.8) is 0 Å². The Hall–Kier alpha value is -1.59. The van der Waals surface area contributed by atoms with E-state index < -0.39 is 6.10 Å². The molecule has 0 aliphatic carbocycles. The summed E-state index contributed by atoms with van der Waals surface area (Å²) in [5.41, 5.74) is 0. The molecule has 338 valence electrons. The van der Waals surface area contributed by atoms with Crippen LogP contribution in [0.25, 0.3) is 0 Å². The predicted octanol–water partition coefficient (Wildman–Crippen LogP) is 16.1. The lowest BCUT2D eigenvalue weighted by Crippen LogP contribution is -2.30. The van der Waals surface area contributed by atoms with Gasteiger partial charge < -0.3 is 14.2 Å². The summed E-state index contributed by atoms with van der Waals surface area (Å²) in [5.74, 6) is 0.866. The lowest BCUT2D eigenvalue weighted by molar-refractivity contribution is -0.167. The highest BCUT2D eigenvalue weighted by molar-refractivity contribution is 5.71. The fourth-order valence-corrected chi connectivity index (χ4v) is 7.57. The Labute approximate surface area is 355 Å². The Kier molecular flexibility index (Phi) is 42.7. The molecule has 0 fully saturated rings. The standard InChI is InChI=1S/C51H98O6/c1-6-9-10-11-12-13-14-15-16-21-28-33-38-43-51(54)57-48(45-56-50(53)42-37-32-27-23-22-25-30-35-40-47(5)8-3)44-55-49(52)41-36-31-26-20-18-17-19-24-29-34-39-46(4)7-2/h46-48H,6-45H2,1-5H3/t46?,47?,48-/m1/s1. The number of rotatable bonds is 45. The third-order valence-corrected chi connectivity index (χ3v) is 12.2. The molecule has 0 radical (unpaired) electrons. The smallest absolute Gasteiger partial charge is 0.306 e. The van der Waals surface area contributed by atoms with E-state index in [9.17, 15) is 14.4 Å². The lowest BCUT2D eigenvalue weighted by atomic mass is 9.99. The summed E-state index contributed by atoms with van der Waals surface area (Å²) in [5, 5.41) is 0. The van der Waals surface area contributed by atoms with Gasteiger partial charge in [-0.05, 0) is 31.1 Å². The van der Waals surface area contributed by atoms with Crippen LogP contribution in [-0.2, 0) is 28.6 Å². The van der Waals surface area contributed by atoms with Gasteiger partial charge in [0.1, 0.15) is 13.2 Å². The fraction of sp³-hybridized carbons (Fsp3) is 0.941. The van der Waals surface area contributed by atoms with E-state index >= 15 is 0 Å². The summed E-state index contributed by atoms with van der Waals surface area (Å²) in [6, 6.07) is 0. The Morgan fingerprint density at radius 1 is 0.351 bits per heavy atom. The van der Waals surface area contributed by atoms with Gasteiger partial charge in [-0.1, -0.05) is 240 Å². The number of esters is 3. The molecule has 0 bridgehead atoms. The number of carbonyl (C=O) groups excluding carboxylic acids is 3. The Morgan fingerprint density at radius 3 is 0.912 bits per heavy atom. The molecule has 0 heterocycles. The van der Waals surface area contributed by atoms with Crippen LogP contribution in [0.4, 0.5) is 0 Å². The molecule has 0 aromatic heterocycles. The van der Waals surface area contributed by atoms with E-state index in [-0.39, 0.29) is 31.1 Å². The number of ether oxygens (including phenoxy) is 3. The SMILES string of the molecule is CCCCCCCCCCCCCCCC(=O)O[C@H](COC(=O)CCCCCCCCCCCCC(C)CC)COC(=O)CCCCCCCCCCC(C)CC. The van der Waals surface area contributed by atoms with E-state index in [1.807, 2.05) is 0 Å². The average molecular weight is 807 g/mol. The van der Waals surface area contributed by atoms with Gasteiger partial charge in [-0.2, -0.15) is 0 Å². The molecule has 57 heavy (non-hydrogen) atoms. The molecular weight excluding hydrogens is 709 g/mol. The van der Waals surface area contributed by atoms with Crippen LogP contribution in [0.5, 0.6) is 0 Å². The minimum absolute atomic E-state index is 0.0643. The maximum absolute atomic E-state index is 12.8. The van der Waals surface area contributed by atoms with Gasteiger partial charge in [0.05, 0.1) is 0 Å². The number of hydrogen-bond donors (Lipinski definition) is 0. The van der Waals surface area contributed by atoms with Gasteiger partial charge in [0.2, 0.25) is 0 Å². The van der Waals surface area contributed by atoms with Crippen molar-refractivity contribution in [1.82, 2.24) is 0 Å². The molecule has 0 rings (SSSR count). The van der Waals surface area contributed by atoms with Crippen molar-refractivity contribution in [2.24, 2.45) is 11.8 Å². The molecule has 6 heteroatoms. The summed E-state index contributed by atoms with van der Waals surface area (Å²) < 4.78 is 16.8. The van der Waals surface area contributed by atoms with Crippen molar-refractivity contribution in [2.75, 3.05) is 13.2 Å².